The summed E-state index contributed by atoms with van der Waals surface area (Å²) in [5, 5.41) is 11.7. The zero-order valence-corrected chi connectivity index (χ0v) is 7.53. The molecule has 1 aliphatic heterocycles. The lowest BCUT2D eigenvalue weighted by Gasteiger charge is -2.10. The van der Waals surface area contributed by atoms with Crippen LogP contribution in [-0.4, -0.2) is 36.4 Å². The zero-order chi connectivity index (χ0) is 9.68. The van der Waals surface area contributed by atoms with E-state index in [9.17, 15) is 4.79 Å². The number of carboxylic acid groups (broad SMARTS) is 1. The Hall–Kier alpha value is -0.870. The van der Waals surface area contributed by atoms with Crippen LogP contribution in [0.25, 0.3) is 0 Å². The molecule has 1 rings (SSSR count). The third-order valence-corrected chi connectivity index (χ3v) is 2.04. The zero-order valence-electron chi connectivity index (χ0n) is 7.53. The van der Waals surface area contributed by atoms with E-state index >= 15 is 0 Å². The van der Waals surface area contributed by atoms with E-state index < -0.39 is 12.1 Å². The highest BCUT2D eigenvalue weighted by Gasteiger charge is 2.29. The van der Waals surface area contributed by atoms with E-state index in [0.717, 1.165) is 13.0 Å². The Morgan fingerprint density at radius 2 is 2.46 bits per heavy atom. The van der Waals surface area contributed by atoms with Gasteiger partial charge in [-0.25, -0.2) is 4.79 Å². The minimum Gasteiger partial charge on any atom is -0.479 e. The van der Waals surface area contributed by atoms with Gasteiger partial charge in [-0.3, -0.25) is 0 Å². The minimum atomic E-state index is -0.855. The van der Waals surface area contributed by atoms with Gasteiger partial charge in [-0.05, 0) is 12.8 Å². The molecule has 2 N–H and O–H groups in total. The molecular formula is C9H15NO3. The summed E-state index contributed by atoms with van der Waals surface area (Å²) in [6.45, 7) is 5.01. The van der Waals surface area contributed by atoms with Crippen molar-refractivity contribution < 1.29 is 14.6 Å². The number of nitrogens with one attached hydrogen (secondary N) is 1. The molecule has 0 spiro atoms. The maximum absolute atomic E-state index is 10.5. The molecule has 74 valence electrons. The summed E-state index contributed by atoms with van der Waals surface area (Å²) in [5.41, 5.74) is 0. The first-order valence-electron chi connectivity index (χ1n) is 4.44. The predicted octanol–water partition coefficient (Wildman–Crippen LogP) is 0.394. The van der Waals surface area contributed by atoms with Crippen LogP contribution in [0.4, 0.5) is 0 Å². The van der Waals surface area contributed by atoms with Gasteiger partial charge in [0.15, 0.2) is 6.10 Å². The Morgan fingerprint density at radius 1 is 1.69 bits per heavy atom. The number of aliphatic carboxylic acids is 1. The first-order valence-corrected chi connectivity index (χ1v) is 4.44. The fourth-order valence-electron chi connectivity index (χ4n) is 1.38. The molecule has 0 aromatic rings. The Balaban J connectivity index is 2.17. The van der Waals surface area contributed by atoms with Gasteiger partial charge in [0, 0.05) is 13.1 Å². The van der Waals surface area contributed by atoms with Crippen molar-refractivity contribution in [3.63, 3.8) is 0 Å². The lowest BCUT2D eigenvalue weighted by Crippen LogP contribution is -2.28. The van der Waals surface area contributed by atoms with Crippen LogP contribution < -0.4 is 5.32 Å². The van der Waals surface area contributed by atoms with E-state index in [-0.39, 0.29) is 6.10 Å². The average Bonchev–Trinajstić information content (AvgIpc) is 2.53. The highest BCUT2D eigenvalue weighted by Crippen LogP contribution is 2.18. The molecule has 1 fully saturated rings. The molecule has 1 saturated heterocycles. The van der Waals surface area contributed by atoms with Gasteiger partial charge < -0.3 is 15.2 Å². The molecule has 0 aliphatic carbocycles. The molecule has 1 aliphatic rings. The SMILES string of the molecule is C=CCNCC1CCC(C(=O)O)O1. The van der Waals surface area contributed by atoms with Crippen molar-refractivity contribution in [1.82, 2.24) is 5.32 Å². The van der Waals surface area contributed by atoms with Crippen LogP contribution >= 0.6 is 0 Å². The molecule has 4 nitrogen and oxygen atoms in total. The van der Waals surface area contributed by atoms with Gasteiger partial charge in [0.2, 0.25) is 0 Å². The summed E-state index contributed by atoms with van der Waals surface area (Å²) in [6.07, 6.45) is 2.65. The standard InChI is InChI=1S/C9H15NO3/c1-2-5-10-6-7-3-4-8(13-7)9(11)12/h2,7-8,10H,1,3-6H2,(H,11,12). The largest absolute Gasteiger partial charge is 0.479 e. The molecule has 2 unspecified atom stereocenters. The maximum atomic E-state index is 10.5. The average molecular weight is 185 g/mol. The van der Waals surface area contributed by atoms with Gasteiger partial charge in [0.1, 0.15) is 0 Å². The molecule has 0 saturated carbocycles. The molecular weight excluding hydrogens is 170 g/mol. The van der Waals surface area contributed by atoms with Crippen molar-refractivity contribution in [2.24, 2.45) is 0 Å². The molecule has 0 radical (unpaired) electrons. The molecule has 0 aromatic heterocycles. The number of hydrogen-bond donors (Lipinski definition) is 2. The van der Waals surface area contributed by atoms with E-state index in [1.54, 1.807) is 6.08 Å². The van der Waals surface area contributed by atoms with Crippen LogP contribution in [0.1, 0.15) is 12.8 Å². The summed E-state index contributed by atoms with van der Waals surface area (Å²) in [6, 6.07) is 0. The summed E-state index contributed by atoms with van der Waals surface area (Å²) in [7, 11) is 0. The molecule has 4 heteroatoms. The second kappa shape index (κ2) is 4.99. The second-order valence-electron chi connectivity index (χ2n) is 3.11. The van der Waals surface area contributed by atoms with Crippen molar-refractivity contribution in [2.75, 3.05) is 13.1 Å². The molecule has 0 bridgehead atoms. The minimum absolute atomic E-state index is 0.0426. The summed E-state index contributed by atoms with van der Waals surface area (Å²) >= 11 is 0. The molecule has 1 heterocycles. The van der Waals surface area contributed by atoms with Crippen LogP contribution in [0.2, 0.25) is 0 Å². The van der Waals surface area contributed by atoms with Crippen molar-refractivity contribution in [2.45, 2.75) is 25.0 Å². The third-order valence-electron chi connectivity index (χ3n) is 2.04. The third kappa shape index (κ3) is 3.16. The quantitative estimate of drug-likeness (QED) is 0.480. The van der Waals surface area contributed by atoms with Crippen molar-refractivity contribution in [3.8, 4) is 0 Å². The predicted molar refractivity (Wildman–Crippen MR) is 48.6 cm³/mol. The van der Waals surface area contributed by atoms with Crippen molar-refractivity contribution in [3.05, 3.63) is 12.7 Å². The second-order valence-corrected chi connectivity index (χ2v) is 3.11. The van der Waals surface area contributed by atoms with Crippen LogP contribution in [0, 0.1) is 0 Å². The smallest absolute Gasteiger partial charge is 0.332 e. The van der Waals surface area contributed by atoms with Gasteiger partial charge in [-0.2, -0.15) is 0 Å². The number of hydrogen-bond acceptors (Lipinski definition) is 3. The fourth-order valence-corrected chi connectivity index (χ4v) is 1.38. The van der Waals surface area contributed by atoms with Gasteiger partial charge >= 0.3 is 5.97 Å². The van der Waals surface area contributed by atoms with E-state index in [4.69, 9.17) is 9.84 Å². The first-order chi connectivity index (χ1) is 6.24. The Morgan fingerprint density at radius 3 is 3.00 bits per heavy atom. The Bertz CT molecular complexity index is 193. The van der Waals surface area contributed by atoms with Crippen molar-refractivity contribution >= 4 is 5.97 Å². The molecule has 13 heavy (non-hydrogen) atoms. The van der Waals surface area contributed by atoms with Crippen LogP contribution in [0.15, 0.2) is 12.7 Å². The van der Waals surface area contributed by atoms with Gasteiger partial charge in [0.05, 0.1) is 6.10 Å². The van der Waals surface area contributed by atoms with E-state index in [2.05, 4.69) is 11.9 Å². The van der Waals surface area contributed by atoms with E-state index in [1.807, 2.05) is 0 Å². The van der Waals surface area contributed by atoms with Crippen molar-refractivity contribution in [1.29, 1.82) is 0 Å². The number of rotatable bonds is 5. The number of ether oxygens (including phenoxy) is 1. The van der Waals surface area contributed by atoms with Gasteiger partial charge in [-0.15, -0.1) is 6.58 Å². The lowest BCUT2D eigenvalue weighted by atomic mass is 10.2. The molecule has 0 aromatic carbocycles. The monoisotopic (exact) mass is 185 g/mol. The Labute approximate surface area is 77.6 Å². The normalized spacial score (nSPS) is 27.4. The number of carbonyl (C=O) groups is 1. The van der Waals surface area contributed by atoms with Crippen LogP contribution in [-0.2, 0) is 9.53 Å². The highest BCUT2D eigenvalue weighted by atomic mass is 16.5. The van der Waals surface area contributed by atoms with E-state index in [1.165, 1.54) is 0 Å². The summed E-state index contributed by atoms with van der Waals surface area (Å²) in [4.78, 5) is 10.5. The summed E-state index contributed by atoms with van der Waals surface area (Å²) in [5.74, 6) is -0.855. The molecule has 0 amide bonds. The Kier molecular flexibility index (Phi) is 3.92. The maximum Gasteiger partial charge on any atom is 0.332 e. The number of carboxylic acids is 1. The fraction of sp³-hybridized carbons (Fsp3) is 0.667. The highest BCUT2D eigenvalue weighted by molar-refractivity contribution is 5.72. The van der Waals surface area contributed by atoms with Gasteiger partial charge in [-0.1, -0.05) is 6.08 Å². The summed E-state index contributed by atoms with van der Waals surface area (Å²) < 4.78 is 5.27. The van der Waals surface area contributed by atoms with Crippen LogP contribution in [0.3, 0.4) is 0 Å². The molecule has 2 atom stereocenters. The lowest BCUT2D eigenvalue weighted by molar-refractivity contribution is -0.149. The van der Waals surface area contributed by atoms with Gasteiger partial charge in [0.25, 0.3) is 0 Å². The van der Waals surface area contributed by atoms with Crippen LogP contribution in [0.5, 0.6) is 0 Å². The topological polar surface area (TPSA) is 58.6 Å². The van der Waals surface area contributed by atoms with E-state index in [0.29, 0.717) is 13.0 Å². The first kappa shape index (κ1) is 10.2.